The Kier molecular flexibility index (Phi) is 8.58. The number of anilines is 1. The molecule has 0 spiro atoms. The van der Waals surface area contributed by atoms with E-state index in [1.54, 1.807) is 38.7 Å². The minimum Gasteiger partial charge on any atom is -0.444 e. The van der Waals surface area contributed by atoms with E-state index >= 15 is 0 Å². The zero-order valence-electron chi connectivity index (χ0n) is 22.9. The summed E-state index contributed by atoms with van der Waals surface area (Å²) in [6.07, 6.45) is 0.0843. The summed E-state index contributed by atoms with van der Waals surface area (Å²) in [5, 5.41) is 6.04. The fraction of sp³-hybridized carbons (Fsp3) is 0.483. The Balaban J connectivity index is 2.01. The standard InChI is InChI=1S/C29H38ClN3O4/c1-16-12-13-21(14-18(16)3)25(26(34)32-24-17(2)10-9-11-22(24)30)33(23-15-19(23)4)27(35)20(5)31-28(36)37-29(6,7)8/h9-14,19-20,23,25H,15H2,1-8H3,(H,31,36)(H,32,34). The highest BCUT2D eigenvalue weighted by molar-refractivity contribution is 6.34. The van der Waals surface area contributed by atoms with E-state index in [0.29, 0.717) is 16.3 Å². The fourth-order valence-electron chi connectivity index (χ4n) is 4.30. The number of rotatable bonds is 7. The van der Waals surface area contributed by atoms with Gasteiger partial charge in [0, 0.05) is 6.04 Å². The van der Waals surface area contributed by atoms with Crippen LogP contribution in [0.15, 0.2) is 36.4 Å². The van der Waals surface area contributed by atoms with Gasteiger partial charge < -0.3 is 20.3 Å². The van der Waals surface area contributed by atoms with Gasteiger partial charge in [-0.1, -0.05) is 48.9 Å². The van der Waals surface area contributed by atoms with E-state index in [0.717, 1.165) is 23.1 Å². The molecule has 3 amide bonds. The SMILES string of the molecule is Cc1ccc(C(C(=O)Nc2c(C)cccc2Cl)N(C(=O)C(C)NC(=O)OC(C)(C)C)C2CC2C)cc1C. The molecule has 7 nitrogen and oxygen atoms in total. The second-order valence-corrected chi connectivity index (χ2v) is 11.5. The number of halogens is 1. The summed E-state index contributed by atoms with van der Waals surface area (Å²) < 4.78 is 5.35. The molecular formula is C29H38ClN3O4. The van der Waals surface area contributed by atoms with Crippen LogP contribution in [0.4, 0.5) is 10.5 Å². The predicted octanol–water partition coefficient (Wildman–Crippen LogP) is 6.10. The Morgan fingerprint density at radius 2 is 1.70 bits per heavy atom. The maximum absolute atomic E-state index is 14.0. The van der Waals surface area contributed by atoms with E-state index in [-0.39, 0.29) is 23.8 Å². The van der Waals surface area contributed by atoms with Crippen LogP contribution in [-0.2, 0) is 14.3 Å². The van der Waals surface area contributed by atoms with Crippen molar-refractivity contribution in [3.8, 4) is 0 Å². The van der Waals surface area contributed by atoms with Crippen LogP contribution < -0.4 is 10.6 Å². The van der Waals surface area contributed by atoms with Gasteiger partial charge in [-0.25, -0.2) is 4.79 Å². The third-order valence-electron chi connectivity index (χ3n) is 6.63. The molecule has 3 rings (SSSR count). The highest BCUT2D eigenvalue weighted by Gasteiger charge is 2.47. The molecule has 0 aliphatic heterocycles. The number of nitrogens with zero attached hydrogens (tertiary/aromatic N) is 1. The molecule has 1 fully saturated rings. The van der Waals surface area contributed by atoms with Gasteiger partial charge in [0.2, 0.25) is 5.91 Å². The maximum atomic E-state index is 14.0. The Hall–Kier alpha value is -3.06. The summed E-state index contributed by atoms with van der Waals surface area (Å²) >= 11 is 6.41. The highest BCUT2D eigenvalue weighted by Crippen LogP contribution is 2.41. The van der Waals surface area contributed by atoms with E-state index in [2.05, 4.69) is 10.6 Å². The first-order valence-electron chi connectivity index (χ1n) is 12.6. The van der Waals surface area contributed by atoms with Crippen molar-refractivity contribution in [1.82, 2.24) is 10.2 Å². The van der Waals surface area contributed by atoms with Crippen molar-refractivity contribution in [3.63, 3.8) is 0 Å². The molecule has 0 bridgehead atoms. The summed E-state index contributed by atoms with van der Waals surface area (Å²) in [6.45, 7) is 14.8. The largest absolute Gasteiger partial charge is 0.444 e. The second-order valence-electron chi connectivity index (χ2n) is 11.1. The molecule has 1 aliphatic rings. The molecule has 1 saturated carbocycles. The van der Waals surface area contributed by atoms with Gasteiger partial charge in [-0.2, -0.15) is 0 Å². The molecule has 8 heteroatoms. The van der Waals surface area contributed by atoms with Crippen LogP contribution in [0, 0.1) is 26.7 Å². The molecule has 2 aromatic rings. The lowest BCUT2D eigenvalue weighted by molar-refractivity contribution is -0.141. The number of carbonyl (C=O) groups is 3. The number of carbonyl (C=O) groups excluding carboxylic acids is 3. The summed E-state index contributed by atoms with van der Waals surface area (Å²) in [6, 6.07) is 9.22. The van der Waals surface area contributed by atoms with Crippen molar-refractivity contribution in [2.24, 2.45) is 5.92 Å². The third-order valence-corrected chi connectivity index (χ3v) is 6.94. The van der Waals surface area contributed by atoms with Crippen LogP contribution in [0.2, 0.25) is 5.02 Å². The lowest BCUT2D eigenvalue weighted by Crippen LogP contribution is -2.52. The van der Waals surface area contributed by atoms with Crippen LogP contribution in [0.1, 0.15) is 69.3 Å². The van der Waals surface area contributed by atoms with Crippen LogP contribution in [0.25, 0.3) is 0 Å². The minimum absolute atomic E-state index is 0.139. The van der Waals surface area contributed by atoms with E-state index < -0.39 is 23.8 Å². The molecule has 4 atom stereocenters. The van der Waals surface area contributed by atoms with Gasteiger partial charge in [0.05, 0.1) is 10.7 Å². The van der Waals surface area contributed by atoms with Gasteiger partial charge in [0.1, 0.15) is 17.7 Å². The molecule has 0 aromatic heterocycles. The molecule has 37 heavy (non-hydrogen) atoms. The van der Waals surface area contributed by atoms with Gasteiger partial charge >= 0.3 is 6.09 Å². The van der Waals surface area contributed by atoms with Crippen LogP contribution in [0.5, 0.6) is 0 Å². The zero-order valence-corrected chi connectivity index (χ0v) is 23.7. The summed E-state index contributed by atoms with van der Waals surface area (Å²) in [7, 11) is 0. The van der Waals surface area contributed by atoms with Gasteiger partial charge in [-0.05, 0) is 89.1 Å². The predicted molar refractivity (Wildman–Crippen MR) is 147 cm³/mol. The number of para-hydroxylation sites is 1. The number of hydrogen-bond acceptors (Lipinski definition) is 4. The smallest absolute Gasteiger partial charge is 0.408 e. The van der Waals surface area contributed by atoms with Crippen molar-refractivity contribution < 1.29 is 19.1 Å². The first-order valence-corrected chi connectivity index (χ1v) is 13.0. The number of alkyl carbamates (subject to hydrolysis) is 1. The third kappa shape index (κ3) is 7.04. The molecule has 0 saturated heterocycles. The van der Waals surface area contributed by atoms with Crippen molar-refractivity contribution in [2.45, 2.75) is 85.5 Å². The van der Waals surface area contributed by atoms with E-state index in [4.69, 9.17) is 16.3 Å². The number of nitrogens with one attached hydrogen (secondary N) is 2. The average Bonchev–Trinajstić information content (AvgIpc) is 3.50. The van der Waals surface area contributed by atoms with Crippen molar-refractivity contribution in [2.75, 3.05) is 5.32 Å². The quantitative estimate of drug-likeness (QED) is 0.455. The van der Waals surface area contributed by atoms with E-state index in [1.807, 2.05) is 58.0 Å². The Morgan fingerprint density at radius 3 is 2.24 bits per heavy atom. The summed E-state index contributed by atoms with van der Waals surface area (Å²) in [4.78, 5) is 41.9. The van der Waals surface area contributed by atoms with Crippen LogP contribution in [-0.4, -0.2) is 40.5 Å². The maximum Gasteiger partial charge on any atom is 0.408 e. The van der Waals surface area contributed by atoms with Gasteiger partial charge in [0.25, 0.3) is 5.91 Å². The van der Waals surface area contributed by atoms with Gasteiger partial charge in [0.15, 0.2) is 0 Å². The molecule has 0 radical (unpaired) electrons. The van der Waals surface area contributed by atoms with E-state index in [9.17, 15) is 14.4 Å². The number of amides is 3. The van der Waals surface area contributed by atoms with Crippen LogP contribution in [0.3, 0.4) is 0 Å². The molecule has 200 valence electrons. The minimum atomic E-state index is -0.916. The number of benzene rings is 2. The van der Waals surface area contributed by atoms with E-state index in [1.165, 1.54) is 0 Å². The number of hydrogen-bond donors (Lipinski definition) is 2. The first kappa shape index (κ1) is 28.5. The molecular weight excluding hydrogens is 490 g/mol. The summed E-state index contributed by atoms with van der Waals surface area (Å²) in [5.74, 6) is -0.493. The molecule has 0 heterocycles. The number of ether oxygens (including phenoxy) is 1. The van der Waals surface area contributed by atoms with Crippen LogP contribution >= 0.6 is 11.6 Å². The van der Waals surface area contributed by atoms with Crippen molar-refractivity contribution in [3.05, 3.63) is 63.7 Å². The van der Waals surface area contributed by atoms with Gasteiger partial charge in [-0.15, -0.1) is 0 Å². The average molecular weight is 528 g/mol. The van der Waals surface area contributed by atoms with Gasteiger partial charge in [-0.3, -0.25) is 9.59 Å². The normalized spacial score (nSPS) is 18.4. The summed E-state index contributed by atoms with van der Waals surface area (Å²) in [5.41, 5.74) is 3.42. The lowest BCUT2D eigenvalue weighted by atomic mass is 9.98. The monoisotopic (exact) mass is 527 g/mol. The molecule has 2 N–H and O–H groups in total. The first-order chi connectivity index (χ1) is 17.2. The zero-order chi connectivity index (χ0) is 27.7. The second kappa shape index (κ2) is 11.1. The highest BCUT2D eigenvalue weighted by atomic mass is 35.5. The number of aryl methyl sites for hydroxylation is 3. The fourth-order valence-corrected chi connectivity index (χ4v) is 4.57. The van der Waals surface area contributed by atoms with Crippen molar-refractivity contribution in [1.29, 1.82) is 0 Å². The Labute approximate surface area is 224 Å². The lowest BCUT2D eigenvalue weighted by Gasteiger charge is -2.34. The topological polar surface area (TPSA) is 87.7 Å². The Morgan fingerprint density at radius 1 is 1.05 bits per heavy atom. The molecule has 4 unspecified atom stereocenters. The molecule has 1 aliphatic carbocycles. The Bertz CT molecular complexity index is 1170. The molecule has 2 aromatic carbocycles. The van der Waals surface area contributed by atoms with Crippen molar-refractivity contribution >= 4 is 35.2 Å².